The summed E-state index contributed by atoms with van der Waals surface area (Å²) in [5, 5.41) is 0. The van der Waals surface area contributed by atoms with Gasteiger partial charge in [0.05, 0.1) is 17.9 Å². The second-order valence-corrected chi connectivity index (χ2v) is 9.93. The van der Waals surface area contributed by atoms with Crippen molar-refractivity contribution in [1.82, 2.24) is 24.7 Å². The number of likely N-dealkylation sites (tertiary alicyclic amines) is 1. The molecule has 1 amide bonds. The summed E-state index contributed by atoms with van der Waals surface area (Å²) in [6, 6.07) is 8.16. The lowest BCUT2D eigenvalue weighted by Gasteiger charge is -2.35. The van der Waals surface area contributed by atoms with Crippen LogP contribution in [0.3, 0.4) is 0 Å². The van der Waals surface area contributed by atoms with Gasteiger partial charge >= 0.3 is 0 Å². The molecule has 1 saturated heterocycles. The number of carbonyl (C=O) groups excluding carboxylic acids is 1. The Labute approximate surface area is 210 Å². The fraction of sp³-hybridized carbons (Fsp3) is 0.464. The summed E-state index contributed by atoms with van der Waals surface area (Å²) in [5.74, 6) is 0.516. The van der Waals surface area contributed by atoms with Crippen molar-refractivity contribution in [3.63, 3.8) is 0 Å². The van der Waals surface area contributed by atoms with Gasteiger partial charge in [0.25, 0.3) is 5.91 Å². The van der Waals surface area contributed by atoms with Gasteiger partial charge in [-0.3, -0.25) is 4.79 Å². The van der Waals surface area contributed by atoms with Crippen LogP contribution in [0.4, 0.5) is 5.82 Å². The van der Waals surface area contributed by atoms with E-state index in [4.69, 9.17) is 10.7 Å². The van der Waals surface area contributed by atoms with E-state index < -0.39 is 0 Å². The Balaban J connectivity index is 1.75. The zero-order chi connectivity index (χ0) is 25.7. The number of allylic oxidation sites excluding steroid dienone is 4. The number of hydrogen-bond acceptors (Lipinski definition) is 6. The predicted octanol–water partition coefficient (Wildman–Crippen LogP) is 4.75. The molecule has 3 rings (SSSR count). The fourth-order valence-electron chi connectivity index (χ4n) is 4.30. The normalized spacial score (nSPS) is 15.8. The summed E-state index contributed by atoms with van der Waals surface area (Å²) in [7, 11) is 6.24. The van der Waals surface area contributed by atoms with Gasteiger partial charge in [-0.2, -0.15) is 0 Å². The molecule has 1 aromatic heterocycles. The van der Waals surface area contributed by atoms with Gasteiger partial charge in [0.1, 0.15) is 11.5 Å². The molecule has 7 nitrogen and oxygen atoms in total. The first-order valence-electron chi connectivity index (χ1n) is 12.3. The highest BCUT2D eigenvalue weighted by Gasteiger charge is 2.25. The van der Waals surface area contributed by atoms with E-state index in [2.05, 4.69) is 68.7 Å². The lowest BCUT2D eigenvalue weighted by molar-refractivity contribution is 0.0663. The molecule has 1 fully saturated rings. The smallest absolute Gasteiger partial charge is 0.253 e. The summed E-state index contributed by atoms with van der Waals surface area (Å²) in [5.41, 5.74) is 11.7. The van der Waals surface area contributed by atoms with Crippen molar-refractivity contribution in [3.8, 4) is 11.3 Å². The van der Waals surface area contributed by atoms with Crippen molar-refractivity contribution >= 4 is 11.7 Å². The maximum Gasteiger partial charge on any atom is 0.253 e. The number of aromatic nitrogens is 2. The number of nitrogen functional groups attached to an aromatic ring is 1. The molecule has 1 unspecified atom stereocenters. The van der Waals surface area contributed by atoms with Crippen molar-refractivity contribution in [2.75, 3.05) is 40.0 Å². The molecule has 1 atom stereocenters. The molecule has 1 aromatic carbocycles. The van der Waals surface area contributed by atoms with Crippen molar-refractivity contribution in [1.29, 1.82) is 0 Å². The summed E-state index contributed by atoms with van der Waals surface area (Å²) >= 11 is 0. The van der Waals surface area contributed by atoms with Gasteiger partial charge < -0.3 is 20.4 Å². The SMILES string of the molecule is CC(C)=CC=C(C)N(C)C(C)c1nc(-c2ccc(C(=O)N3CCC(N(C)C)CC3)cc2)cnc1N. The fourth-order valence-corrected chi connectivity index (χ4v) is 4.30. The average Bonchev–Trinajstić information content (AvgIpc) is 2.86. The molecule has 2 aromatic rings. The van der Waals surface area contributed by atoms with Gasteiger partial charge in [0, 0.05) is 43.0 Å². The van der Waals surface area contributed by atoms with Crippen LogP contribution in [0.25, 0.3) is 11.3 Å². The quantitative estimate of drug-likeness (QED) is 0.581. The standard InChI is InChI=1S/C28H40N6O/c1-19(2)8-9-20(3)33(7)21(4)26-27(29)30-18-25(31-26)22-10-12-23(13-11-22)28(35)34-16-14-24(15-17-34)32(5)6/h8-13,18,21,24H,14-17H2,1-7H3,(H2,29,30). The maximum absolute atomic E-state index is 13.0. The molecule has 2 heterocycles. The molecule has 35 heavy (non-hydrogen) atoms. The number of anilines is 1. The van der Waals surface area contributed by atoms with Gasteiger partial charge in [0.2, 0.25) is 0 Å². The Bertz CT molecular complexity index is 1080. The summed E-state index contributed by atoms with van der Waals surface area (Å²) in [4.78, 5) is 28.6. The summed E-state index contributed by atoms with van der Waals surface area (Å²) < 4.78 is 0. The molecule has 0 bridgehead atoms. The van der Waals surface area contributed by atoms with Crippen LogP contribution in [-0.4, -0.2) is 70.8 Å². The minimum Gasteiger partial charge on any atom is -0.382 e. The Kier molecular flexibility index (Phi) is 8.67. The van der Waals surface area contributed by atoms with Crippen molar-refractivity contribution in [3.05, 3.63) is 65.1 Å². The molecule has 188 valence electrons. The maximum atomic E-state index is 13.0. The number of benzene rings is 1. The number of hydrogen-bond donors (Lipinski definition) is 1. The average molecular weight is 477 g/mol. The molecule has 7 heteroatoms. The number of rotatable bonds is 7. The van der Waals surface area contributed by atoms with Gasteiger partial charge in [0.15, 0.2) is 0 Å². The van der Waals surface area contributed by atoms with Crippen molar-refractivity contribution in [2.24, 2.45) is 0 Å². The molecule has 0 radical (unpaired) electrons. The van der Waals surface area contributed by atoms with Gasteiger partial charge in [-0.15, -0.1) is 0 Å². The van der Waals surface area contributed by atoms with E-state index in [1.165, 1.54) is 5.57 Å². The topological polar surface area (TPSA) is 78.6 Å². The number of piperidine rings is 1. The predicted molar refractivity (Wildman–Crippen MR) is 144 cm³/mol. The number of carbonyl (C=O) groups is 1. The largest absolute Gasteiger partial charge is 0.382 e. The number of nitrogens with two attached hydrogens (primary N) is 1. The monoisotopic (exact) mass is 476 g/mol. The lowest BCUT2D eigenvalue weighted by Crippen LogP contribution is -2.44. The van der Waals surface area contributed by atoms with Crippen LogP contribution in [0.5, 0.6) is 0 Å². The van der Waals surface area contributed by atoms with E-state index in [0.29, 0.717) is 17.4 Å². The second-order valence-electron chi connectivity index (χ2n) is 9.93. The highest BCUT2D eigenvalue weighted by molar-refractivity contribution is 5.94. The summed E-state index contributed by atoms with van der Waals surface area (Å²) in [6.45, 7) is 9.89. The molecule has 0 aliphatic carbocycles. The van der Waals surface area contributed by atoms with E-state index in [1.54, 1.807) is 6.20 Å². The first kappa shape index (κ1) is 26.4. The molecule has 1 aliphatic heterocycles. The third-order valence-electron chi connectivity index (χ3n) is 6.93. The molecule has 2 N–H and O–H groups in total. The number of nitrogens with zero attached hydrogens (tertiary/aromatic N) is 5. The highest BCUT2D eigenvalue weighted by Crippen LogP contribution is 2.27. The van der Waals surface area contributed by atoms with Crippen LogP contribution in [0.1, 0.15) is 62.6 Å². The zero-order valence-corrected chi connectivity index (χ0v) is 22.2. The van der Waals surface area contributed by atoms with E-state index in [1.807, 2.05) is 36.2 Å². The van der Waals surface area contributed by atoms with Crippen molar-refractivity contribution in [2.45, 2.75) is 52.6 Å². The highest BCUT2D eigenvalue weighted by atomic mass is 16.2. The molecule has 0 spiro atoms. The Morgan fingerprint density at radius 3 is 2.29 bits per heavy atom. The zero-order valence-electron chi connectivity index (χ0n) is 22.2. The number of amides is 1. The van der Waals surface area contributed by atoms with Gasteiger partial charge in [-0.1, -0.05) is 23.8 Å². The van der Waals surface area contributed by atoms with Crippen LogP contribution < -0.4 is 5.73 Å². The van der Waals surface area contributed by atoms with Gasteiger partial charge in [-0.25, -0.2) is 9.97 Å². The molecule has 0 saturated carbocycles. The summed E-state index contributed by atoms with van der Waals surface area (Å²) in [6.07, 6.45) is 7.90. The first-order chi connectivity index (χ1) is 16.6. The van der Waals surface area contributed by atoms with Crippen LogP contribution >= 0.6 is 0 Å². The molecule has 1 aliphatic rings. The Morgan fingerprint density at radius 2 is 1.71 bits per heavy atom. The Morgan fingerprint density at radius 1 is 1.09 bits per heavy atom. The Hall–Kier alpha value is -3.19. The van der Waals surface area contributed by atoms with Gasteiger partial charge in [-0.05, 0) is 72.8 Å². The van der Waals surface area contributed by atoms with E-state index in [-0.39, 0.29) is 11.9 Å². The van der Waals surface area contributed by atoms with Crippen LogP contribution in [-0.2, 0) is 0 Å². The first-order valence-corrected chi connectivity index (χ1v) is 12.3. The van der Waals surface area contributed by atoms with Crippen molar-refractivity contribution < 1.29 is 4.79 Å². The van der Waals surface area contributed by atoms with E-state index >= 15 is 0 Å². The van der Waals surface area contributed by atoms with E-state index in [9.17, 15) is 4.79 Å². The third-order valence-corrected chi connectivity index (χ3v) is 6.93. The van der Waals surface area contributed by atoms with Crippen LogP contribution in [0.2, 0.25) is 0 Å². The minimum atomic E-state index is -0.0461. The minimum absolute atomic E-state index is 0.0461. The lowest BCUT2D eigenvalue weighted by atomic mass is 10.0. The van der Waals surface area contributed by atoms with Crippen LogP contribution in [0.15, 0.2) is 53.9 Å². The second kappa shape index (κ2) is 11.5. The molecular formula is C28H40N6O. The van der Waals surface area contributed by atoms with E-state index in [0.717, 1.165) is 48.6 Å². The van der Waals surface area contributed by atoms with Crippen LogP contribution in [0, 0.1) is 0 Å². The molecular weight excluding hydrogens is 436 g/mol. The third kappa shape index (κ3) is 6.48.